The summed E-state index contributed by atoms with van der Waals surface area (Å²) < 4.78 is 9.86. The molecule has 4 unspecified atom stereocenters. The van der Waals surface area contributed by atoms with Crippen molar-refractivity contribution in [2.24, 2.45) is 0 Å². The number of benzene rings is 10. The van der Waals surface area contributed by atoms with Crippen LogP contribution >= 0.6 is 11.3 Å². The van der Waals surface area contributed by atoms with Crippen molar-refractivity contribution < 1.29 is 4.42 Å². The molecule has 18 rings (SSSR count). The minimum absolute atomic E-state index is 0.00294. The summed E-state index contributed by atoms with van der Waals surface area (Å²) >= 11 is 1.92. The van der Waals surface area contributed by atoms with Gasteiger partial charge in [-0.3, -0.25) is 0 Å². The normalized spacial score (nSPS) is 22.6. The summed E-state index contributed by atoms with van der Waals surface area (Å²) in [7, 11) is 0. The molecule has 6 aliphatic rings. The van der Waals surface area contributed by atoms with Crippen LogP contribution in [-0.2, 0) is 10.8 Å². The number of thiophene rings is 1. The van der Waals surface area contributed by atoms with Crippen molar-refractivity contribution >= 4 is 133 Å². The van der Waals surface area contributed by atoms with Gasteiger partial charge in [-0.2, -0.15) is 0 Å². The van der Waals surface area contributed by atoms with Crippen LogP contribution in [0.5, 0.6) is 0 Å². The first-order valence-corrected chi connectivity index (χ1v) is 32.0. The molecule has 0 spiro atoms. The molecule has 4 atom stereocenters. The highest BCUT2D eigenvalue weighted by molar-refractivity contribution is 7.26. The third-order valence-corrected chi connectivity index (χ3v) is 23.7. The SMILES string of the molecule is Cc1cc(C)c2c(c1)N(c1cc3c4c(c1)N(c1cccc5c1sc1ccccc15)c1ccc(-c5ccccc5)cc1B4c1ccc(N4c5ccccc5C5(C)CCCCC45C)cc1N3c1cccc3c1oc1ccccc13)C1(C)CCCCC21C. The Bertz CT molecular complexity index is 4850. The Morgan fingerprint density at radius 1 is 0.435 bits per heavy atom. The van der Waals surface area contributed by atoms with Gasteiger partial charge in [0, 0.05) is 82.6 Å². The third kappa shape index (κ3) is 6.50. The zero-order valence-electron chi connectivity index (χ0n) is 49.4. The summed E-state index contributed by atoms with van der Waals surface area (Å²) in [6.07, 6.45) is 9.44. The first-order chi connectivity index (χ1) is 41.5. The van der Waals surface area contributed by atoms with Crippen LogP contribution in [0.25, 0.3) is 53.2 Å². The average Bonchev–Trinajstić information content (AvgIpc) is 2.08. The van der Waals surface area contributed by atoms with Crippen LogP contribution in [0.4, 0.5) is 56.9 Å². The van der Waals surface area contributed by atoms with Crippen LogP contribution in [-0.4, -0.2) is 17.8 Å². The Kier molecular flexibility index (Phi) is 10.3. The number of hydrogen-bond donors (Lipinski definition) is 0. The first-order valence-electron chi connectivity index (χ1n) is 31.2. The molecule has 12 aromatic rings. The van der Waals surface area contributed by atoms with Gasteiger partial charge < -0.3 is 24.0 Å². The second-order valence-corrected chi connectivity index (χ2v) is 27.7. The van der Waals surface area contributed by atoms with Crippen molar-refractivity contribution in [2.75, 3.05) is 19.6 Å². The number of anilines is 10. The maximum Gasteiger partial charge on any atom is 0.252 e. The predicted octanol–water partition coefficient (Wildman–Crippen LogP) is 19.8. The highest BCUT2D eigenvalue weighted by atomic mass is 32.1. The summed E-state index contributed by atoms with van der Waals surface area (Å²) in [5.74, 6) is 0. The Labute approximate surface area is 502 Å². The van der Waals surface area contributed by atoms with E-state index in [0.717, 1.165) is 46.9 Å². The Balaban J connectivity index is 0.994. The molecule has 2 saturated carbocycles. The third-order valence-electron chi connectivity index (χ3n) is 22.4. The van der Waals surface area contributed by atoms with E-state index in [-0.39, 0.29) is 28.6 Å². The summed E-state index contributed by atoms with van der Waals surface area (Å²) in [6.45, 7) is 14.9. The minimum atomic E-state index is -0.200. The lowest BCUT2D eigenvalue weighted by atomic mass is 9.33. The van der Waals surface area contributed by atoms with E-state index in [1.165, 1.54) is 153 Å². The van der Waals surface area contributed by atoms with Gasteiger partial charge in [0.1, 0.15) is 5.58 Å². The second kappa shape index (κ2) is 17.5. The highest BCUT2D eigenvalue weighted by Gasteiger charge is 2.60. The fourth-order valence-electron chi connectivity index (χ4n) is 18.3. The lowest BCUT2D eigenvalue weighted by molar-refractivity contribution is 0.194. The number of furan rings is 1. The van der Waals surface area contributed by atoms with Gasteiger partial charge in [-0.15, -0.1) is 11.3 Å². The van der Waals surface area contributed by atoms with E-state index in [9.17, 15) is 0 Å². The summed E-state index contributed by atoms with van der Waals surface area (Å²) in [5.41, 5.74) is 25.7. The molecule has 0 bridgehead atoms. The quantitative estimate of drug-likeness (QED) is 0.160. The standard InChI is InChI=1S/C78H67BN4OS/c1-48-42-49(2)71-66(43-48)83(78(6)41-19-17-39-76(71,78)4)53-46-67-72-68(47-53)81(63-30-20-26-56-54-24-10-14-32-69(54)84-73(56)63)65-45-52(82-61-29-13-12-28-58(61)75(3)38-16-18-40-77(75,82)5)35-36-59(65)79(72)60-44-51(50-22-8-7-9-23-50)34-37-62(60)80(67)64-31-21-27-57-55-25-11-15-33-70(55)85-74(57)64/h7-15,20-37,42-47H,16-19,38-41H2,1-6H3. The zero-order chi connectivity index (χ0) is 56.9. The van der Waals surface area contributed by atoms with Gasteiger partial charge in [0.15, 0.2) is 5.58 Å². The molecule has 6 heterocycles. The van der Waals surface area contributed by atoms with Gasteiger partial charge in [-0.05, 0) is 170 Å². The number of aryl methyl sites for hydroxylation is 2. The monoisotopic (exact) mass is 1120 g/mol. The van der Waals surface area contributed by atoms with E-state index in [4.69, 9.17) is 4.42 Å². The number of rotatable bonds is 5. The average molecular weight is 1120 g/mol. The smallest absolute Gasteiger partial charge is 0.252 e. The molecule has 2 aromatic heterocycles. The van der Waals surface area contributed by atoms with Gasteiger partial charge in [0.25, 0.3) is 6.71 Å². The Morgan fingerprint density at radius 3 is 1.89 bits per heavy atom. The van der Waals surface area contributed by atoms with Crippen LogP contribution in [0.1, 0.15) is 101 Å². The summed E-state index contributed by atoms with van der Waals surface area (Å²) in [5, 5.41) is 4.85. The number of hydrogen-bond acceptors (Lipinski definition) is 6. The van der Waals surface area contributed by atoms with E-state index in [0.29, 0.717) is 0 Å². The Hall–Kier alpha value is -8.52. The first kappa shape index (κ1) is 49.9. The molecular formula is C78H67BN4OS. The molecular weight excluding hydrogens is 1050 g/mol. The van der Waals surface area contributed by atoms with Crippen molar-refractivity contribution in [3.05, 3.63) is 222 Å². The lowest BCUT2D eigenvalue weighted by Crippen LogP contribution is -2.61. The van der Waals surface area contributed by atoms with Crippen LogP contribution in [0.3, 0.4) is 0 Å². The molecule has 7 heteroatoms. The molecule has 85 heavy (non-hydrogen) atoms. The summed E-state index contributed by atoms with van der Waals surface area (Å²) in [4.78, 5) is 11.0. The molecule has 0 amide bonds. The molecule has 4 aliphatic heterocycles. The maximum atomic E-state index is 7.26. The van der Waals surface area contributed by atoms with E-state index in [1.54, 1.807) is 0 Å². The van der Waals surface area contributed by atoms with Gasteiger partial charge in [-0.25, -0.2) is 0 Å². The number of nitrogens with zero attached hydrogens (tertiary/aromatic N) is 4. The van der Waals surface area contributed by atoms with Crippen molar-refractivity contribution in [3.63, 3.8) is 0 Å². The van der Waals surface area contributed by atoms with Gasteiger partial charge in [0.2, 0.25) is 0 Å². The summed E-state index contributed by atoms with van der Waals surface area (Å²) in [6, 6.07) is 77.1. The molecule has 2 fully saturated rings. The molecule has 2 aliphatic carbocycles. The number of para-hydroxylation sites is 3. The van der Waals surface area contributed by atoms with Crippen molar-refractivity contribution in [2.45, 2.75) is 115 Å². The minimum Gasteiger partial charge on any atom is -0.454 e. The van der Waals surface area contributed by atoms with E-state index < -0.39 is 0 Å². The maximum absolute atomic E-state index is 7.26. The van der Waals surface area contributed by atoms with E-state index in [1.807, 2.05) is 11.3 Å². The van der Waals surface area contributed by atoms with Crippen molar-refractivity contribution in [3.8, 4) is 11.1 Å². The molecule has 414 valence electrons. The molecule has 10 aromatic carbocycles. The van der Waals surface area contributed by atoms with Crippen molar-refractivity contribution in [1.29, 1.82) is 0 Å². The zero-order valence-corrected chi connectivity index (χ0v) is 50.2. The fourth-order valence-corrected chi connectivity index (χ4v) is 19.5. The lowest BCUT2D eigenvalue weighted by Gasteiger charge is -2.51. The molecule has 0 saturated heterocycles. The molecule has 0 N–H and O–H groups in total. The predicted molar refractivity (Wildman–Crippen MR) is 361 cm³/mol. The van der Waals surface area contributed by atoms with Gasteiger partial charge in [-0.1, -0.05) is 173 Å². The van der Waals surface area contributed by atoms with E-state index in [2.05, 4.69) is 261 Å². The van der Waals surface area contributed by atoms with Crippen LogP contribution < -0.4 is 36.0 Å². The van der Waals surface area contributed by atoms with Crippen LogP contribution in [0.15, 0.2) is 205 Å². The van der Waals surface area contributed by atoms with Crippen molar-refractivity contribution in [1.82, 2.24) is 0 Å². The number of fused-ring (bicyclic) bond motifs is 16. The molecule has 5 nitrogen and oxygen atoms in total. The highest BCUT2D eigenvalue weighted by Crippen LogP contribution is 2.64. The van der Waals surface area contributed by atoms with Gasteiger partial charge in [0.05, 0.1) is 27.2 Å². The largest absolute Gasteiger partial charge is 0.454 e. The van der Waals surface area contributed by atoms with Crippen LogP contribution in [0, 0.1) is 13.8 Å². The van der Waals surface area contributed by atoms with Gasteiger partial charge >= 0.3 is 0 Å². The Morgan fingerprint density at radius 2 is 1.07 bits per heavy atom. The topological polar surface area (TPSA) is 26.1 Å². The van der Waals surface area contributed by atoms with Crippen LogP contribution in [0.2, 0.25) is 0 Å². The van der Waals surface area contributed by atoms with E-state index >= 15 is 0 Å². The molecule has 0 radical (unpaired) electrons. The fraction of sp³-hybridized carbons (Fsp3) is 0.231. The second-order valence-electron chi connectivity index (χ2n) is 26.7.